The van der Waals surface area contributed by atoms with E-state index < -0.39 is 5.78 Å². The molecule has 5 rings (SSSR count). The van der Waals surface area contributed by atoms with E-state index in [-0.39, 0.29) is 0 Å². The SMILES string of the molecule is O=CC(=O)c1cccc(-c2csc3cnc(Nc4ccc(N5CCOCC5)cc4)nc23)c1. The zero-order valence-corrected chi connectivity index (χ0v) is 18.0. The highest BCUT2D eigenvalue weighted by Crippen LogP contribution is 2.33. The topological polar surface area (TPSA) is 84.4 Å². The standard InChI is InChI=1S/C24H20N4O3S/c29-14-21(30)17-3-1-2-16(12-17)20-15-32-22-13-25-24(27-23(20)22)26-18-4-6-19(7-5-18)28-8-10-31-11-9-28/h1-7,12-15H,8-11H2,(H,25,26,27). The normalized spacial score (nSPS) is 13.8. The number of nitrogens with one attached hydrogen (secondary N) is 1. The van der Waals surface area contributed by atoms with Crippen molar-refractivity contribution in [2.75, 3.05) is 36.5 Å². The summed E-state index contributed by atoms with van der Waals surface area (Å²) in [4.78, 5) is 34.1. The zero-order valence-electron chi connectivity index (χ0n) is 17.2. The van der Waals surface area contributed by atoms with E-state index >= 15 is 0 Å². The Labute approximate surface area is 188 Å². The average Bonchev–Trinajstić information content (AvgIpc) is 3.28. The van der Waals surface area contributed by atoms with Crippen molar-refractivity contribution in [3.8, 4) is 11.1 Å². The number of carbonyl (C=O) groups excluding carboxylic acids is 2. The summed E-state index contributed by atoms with van der Waals surface area (Å²) in [6.45, 7) is 3.30. The number of Topliss-reactive ketones (excluding diaryl/α,β-unsaturated/α-hetero) is 1. The third kappa shape index (κ3) is 4.10. The second-order valence-electron chi connectivity index (χ2n) is 7.39. The summed E-state index contributed by atoms with van der Waals surface area (Å²) in [6, 6.07) is 15.2. The fourth-order valence-corrected chi connectivity index (χ4v) is 4.58. The molecule has 32 heavy (non-hydrogen) atoms. The van der Waals surface area contributed by atoms with Crippen LogP contribution in [0.3, 0.4) is 0 Å². The quantitative estimate of drug-likeness (QED) is 0.269. The number of aromatic nitrogens is 2. The molecule has 4 aromatic rings. The predicted molar refractivity (Wildman–Crippen MR) is 126 cm³/mol. The molecule has 1 saturated heterocycles. The molecule has 8 heteroatoms. The van der Waals surface area contributed by atoms with Crippen molar-refractivity contribution >= 4 is 50.9 Å². The number of fused-ring (bicyclic) bond motifs is 1. The van der Waals surface area contributed by atoms with Crippen LogP contribution in [0.2, 0.25) is 0 Å². The summed E-state index contributed by atoms with van der Waals surface area (Å²) >= 11 is 1.54. The lowest BCUT2D eigenvalue weighted by molar-refractivity contribution is -0.104. The van der Waals surface area contributed by atoms with Crippen molar-refractivity contribution in [3.63, 3.8) is 0 Å². The highest BCUT2D eigenvalue weighted by atomic mass is 32.1. The third-order valence-corrected chi connectivity index (χ3v) is 6.29. The van der Waals surface area contributed by atoms with Gasteiger partial charge in [0.2, 0.25) is 11.7 Å². The molecule has 0 atom stereocenters. The van der Waals surface area contributed by atoms with Crippen molar-refractivity contribution in [1.29, 1.82) is 0 Å². The first-order valence-corrected chi connectivity index (χ1v) is 11.1. The molecule has 0 bridgehead atoms. The summed E-state index contributed by atoms with van der Waals surface area (Å²) in [5.41, 5.74) is 4.97. The Bertz CT molecular complexity index is 1280. The summed E-state index contributed by atoms with van der Waals surface area (Å²) < 4.78 is 6.36. The summed E-state index contributed by atoms with van der Waals surface area (Å²) in [5, 5.41) is 5.26. The maximum atomic E-state index is 11.8. The minimum absolute atomic E-state index is 0.333. The van der Waals surface area contributed by atoms with Crippen molar-refractivity contribution in [1.82, 2.24) is 9.97 Å². The lowest BCUT2D eigenvalue weighted by Gasteiger charge is -2.28. The molecule has 7 nitrogen and oxygen atoms in total. The van der Waals surface area contributed by atoms with Crippen LogP contribution in [-0.2, 0) is 9.53 Å². The lowest BCUT2D eigenvalue weighted by Crippen LogP contribution is -2.36. The van der Waals surface area contributed by atoms with Crippen LogP contribution in [0.15, 0.2) is 60.1 Å². The van der Waals surface area contributed by atoms with Gasteiger partial charge < -0.3 is 15.0 Å². The van der Waals surface area contributed by atoms with Gasteiger partial charge in [0.05, 0.1) is 29.6 Å². The van der Waals surface area contributed by atoms with E-state index in [0.717, 1.165) is 53.3 Å². The molecule has 0 radical (unpaired) electrons. The van der Waals surface area contributed by atoms with Gasteiger partial charge in [-0.1, -0.05) is 18.2 Å². The molecule has 0 amide bonds. The second-order valence-corrected chi connectivity index (χ2v) is 8.30. The molecule has 3 heterocycles. The third-order valence-electron chi connectivity index (χ3n) is 5.38. The first-order chi connectivity index (χ1) is 15.7. The van der Waals surface area contributed by atoms with Crippen LogP contribution in [0.4, 0.5) is 17.3 Å². The van der Waals surface area contributed by atoms with Gasteiger partial charge in [-0.3, -0.25) is 9.59 Å². The Morgan fingerprint density at radius 1 is 1.12 bits per heavy atom. The monoisotopic (exact) mass is 444 g/mol. The predicted octanol–water partition coefficient (Wildman–Crippen LogP) is 4.32. The minimum Gasteiger partial charge on any atom is -0.378 e. The number of anilines is 3. The number of carbonyl (C=O) groups is 2. The number of thiophene rings is 1. The van der Waals surface area contributed by atoms with E-state index in [1.54, 1.807) is 24.4 Å². The molecule has 1 aliphatic heterocycles. The largest absolute Gasteiger partial charge is 0.378 e. The van der Waals surface area contributed by atoms with Crippen LogP contribution in [0.25, 0.3) is 21.3 Å². The Morgan fingerprint density at radius 3 is 2.72 bits per heavy atom. The zero-order chi connectivity index (χ0) is 21.9. The van der Waals surface area contributed by atoms with Crippen LogP contribution in [-0.4, -0.2) is 48.3 Å². The van der Waals surface area contributed by atoms with Crippen LogP contribution in [0, 0.1) is 0 Å². The number of benzene rings is 2. The first kappa shape index (κ1) is 20.3. The van der Waals surface area contributed by atoms with Gasteiger partial charge in [-0.15, -0.1) is 11.3 Å². The molecule has 1 aliphatic rings. The highest BCUT2D eigenvalue weighted by Gasteiger charge is 2.13. The van der Waals surface area contributed by atoms with Gasteiger partial charge in [-0.25, -0.2) is 9.97 Å². The molecule has 1 N–H and O–H groups in total. The molecule has 0 unspecified atom stereocenters. The maximum Gasteiger partial charge on any atom is 0.227 e. The smallest absolute Gasteiger partial charge is 0.227 e. The molecule has 2 aromatic heterocycles. The number of ketones is 1. The molecule has 0 saturated carbocycles. The van der Waals surface area contributed by atoms with E-state index in [2.05, 4.69) is 27.3 Å². The summed E-state index contributed by atoms with van der Waals surface area (Å²) in [6.07, 6.45) is 2.13. The molecular formula is C24H20N4O3S. The Morgan fingerprint density at radius 2 is 1.94 bits per heavy atom. The van der Waals surface area contributed by atoms with Gasteiger partial charge >= 0.3 is 0 Å². The molecule has 0 spiro atoms. The van der Waals surface area contributed by atoms with Crippen molar-refractivity contribution in [2.24, 2.45) is 0 Å². The van der Waals surface area contributed by atoms with Gasteiger partial charge in [0.25, 0.3) is 0 Å². The van der Waals surface area contributed by atoms with Crippen molar-refractivity contribution in [3.05, 3.63) is 65.7 Å². The molecule has 2 aromatic carbocycles. The van der Waals surface area contributed by atoms with Gasteiger partial charge in [0, 0.05) is 41.0 Å². The fraction of sp³-hybridized carbons (Fsp3) is 0.167. The Balaban J connectivity index is 1.40. The van der Waals surface area contributed by atoms with E-state index in [4.69, 9.17) is 9.72 Å². The fourth-order valence-electron chi connectivity index (χ4n) is 3.71. The van der Waals surface area contributed by atoms with Crippen molar-refractivity contribution in [2.45, 2.75) is 0 Å². The minimum atomic E-state index is -0.538. The Kier molecular flexibility index (Phi) is 5.62. The highest BCUT2D eigenvalue weighted by molar-refractivity contribution is 7.17. The summed E-state index contributed by atoms with van der Waals surface area (Å²) in [7, 11) is 0. The van der Waals surface area contributed by atoms with Crippen LogP contribution >= 0.6 is 11.3 Å². The number of nitrogens with zero attached hydrogens (tertiary/aromatic N) is 3. The van der Waals surface area contributed by atoms with Crippen LogP contribution in [0.5, 0.6) is 0 Å². The number of hydrogen-bond acceptors (Lipinski definition) is 8. The van der Waals surface area contributed by atoms with Gasteiger partial charge in [-0.2, -0.15) is 0 Å². The van der Waals surface area contributed by atoms with Crippen LogP contribution < -0.4 is 10.2 Å². The van der Waals surface area contributed by atoms with E-state index in [9.17, 15) is 9.59 Å². The van der Waals surface area contributed by atoms with Crippen LogP contribution in [0.1, 0.15) is 10.4 Å². The molecule has 160 valence electrons. The number of ether oxygens (including phenoxy) is 1. The molecule has 0 aliphatic carbocycles. The number of rotatable bonds is 6. The van der Waals surface area contributed by atoms with Gasteiger partial charge in [0.1, 0.15) is 0 Å². The number of morpholine rings is 1. The number of aldehydes is 1. The van der Waals surface area contributed by atoms with E-state index in [1.165, 1.54) is 17.0 Å². The number of hydrogen-bond donors (Lipinski definition) is 1. The second kappa shape index (κ2) is 8.86. The Hall–Kier alpha value is -3.62. The van der Waals surface area contributed by atoms with Crippen molar-refractivity contribution < 1.29 is 14.3 Å². The van der Waals surface area contributed by atoms with E-state index in [1.807, 2.05) is 23.6 Å². The summed E-state index contributed by atoms with van der Waals surface area (Å²) in [5.74, 6) is -0.0414. The van der Waals surface area contributed by atoms with Gasteiger partial charge in [0.15, 0.2) is 6.29 Å². The maximum absolute atomic E-state index is 11.8. The lowest BCUT2D eigenvalue weighted by atomic mass is 10.0. The average molecular weight is 445 g/mol. The van der Waals surface area contributed by atoms with E-state index in [0.29, 0.717) is 17.8 Å². The molecular weight excluding hydrogens is 424 g/mol. The van der Waals surface area contributed by atoms with Gasteiger partial charge in [-0.05, 0) is 35.9 Å². The first-order valence-electron chi connectivity index (χ1n) is 10.3. The molecule has 1 fully saturated rings.